The first-order valence-electron chi connectivity index (χ1n) is 3.83. The van der Waals surface area contributed by atoms with Gasteiger partial charge in [0, 0.05) is 0 Å². The molecule has 0 saturated heterocycles. The Morgan fingerprint density at radius 2 is 2.36 bits per heavy atom. The minimum atomic E-state index is -1.08. The molecule has 0 saturated carbocycles. The van der Waals surface area contributed by atoms with Crippen LogP contribution in [0.2, 0.25) is 5.15 Å². The van der Waals surface area contributed by atoms with E-state index in [4.69, 9.17) is 16.7 Å². The van der Waals surface area contributed by atoms with Gasteiger partial charge in [0.15, 0.2) is 5.15 Å². The van der Waals surface area contributed by atoms with E-state index in [1.165, 1.54) is 10.8 Å². The summed E-state index contributed by atoms with van der Waals surface area (Å²) >= 11 is 5.72. The van der Waals surface area contributed by atoms with Crippen molar-refractivity contribution >= 4 is 23.1 Å². The lowest BCUT2D eigenvalue weighted by Crippen LogP contribution is -2.06. The Balaban J connectivity index is 2.89. The molecule has 0 aliphatic heterocycles. The standard InChI is InChI=1S/C8H6ClN3O2/c1-4-5-2-10-3-12(5)11-7(9)6(4)8(13)14/h2-3H,1H3,(H,13,14). The first kappa shape index (κ1) is 8.96. The zero-order valence-electron chi connectivity index (χ0n) is 7.23. The third-order valence-corrected chi connectivity index (χ3v) is 2.26. The summed E-state index contributed by atoms with van der Waals surface area (Å²) in [5, 5.41) is 12.7. The Morgan fingerprint density at radius 3 is 3.00 bits per heavy atom. The van der Waals surface area contributed by atoms with Crippen LogP contribution >= 0.6 is 11.6 Å². The minimum absolute atomic E-state index is 0.0273. The molecule has 0 aliphatic carbocycles. The topological polar surface area (TPSA) is 67.5 Å². The molecule has 0 atom stereocenters. The van der Waals surface area contributed by atoms with Crippen LogP contribution in [-0.4, -0.2) is 25.7 Å². The molecule has 6 heteroatoms. The van der Waals surface area contributed by atoms with Crippen LogP contribution in [0.1, 0.15) is 15.9 Å². The van der Waals surface area contributed by atoms with Crippen molar-refractivity contribution in [1.29, 1.82) is 0 Å². The van der Waals surface area contributed by atoms with Crippen molar-refractivity contribution in [3.8, 4) is 0 Å². The fraction of sp³-hybridized carbons (Fsp3) is 0.125. The highest BCUT2D eigenvalue weighted by Gasteiger charge is 2.16. The van der Waals surface area contributed by atoms with E-state index in [0.717, 1.165) is 0 Å². The Kier molecular flexibility index (Phi) is 1.89. The van der Waals surface area contributed by atoms with Crippen LogP contribution in [0.15, 0.2) is 12.5 Å². The second-order valence-corrected chi connectivity index (χ2v) is 3.18. The van der Waals surface area contributed by atoms with Gasteiger partial charge in [0.2, 0.25) is 0 Å². The molecule has 14 heavy (non-hydrogen) atoms. The van der Waals surface area contributed by atoms with Crippen molar-refractivity contribution in [1.82, 2.24) is 14.6 Å². The van der Waals surface area contributed by atoms with Crippen molar-refractivity contribution < 1.29 is 9.90 Å². The predicted molar refractivity (Wildman–Crippen MR) is 49.7 cm³/mol. The Labute approximate surface area is 83.9 Å². The van der Waals surface area contributed by atoms with E-state index in [-0.39, 0.29) is 10.7 Å². The van der Waals surface area contributed by atoms with Gasteiger partial charge in [-0.15, -0.1) is 0 Å². The molecule has 0 fully saturated rings. The minimum Gasteiger partial charge on any atom is -0.478 e. The normalized spacial score (nSPS) is 10.7. The molecule has 5 nitrogen and oxygen atoms in total. The number of fused-ring (bicyclic) bond motifs is 1. The molecule has 0 bridgehead atoms. The van der Waals surface area contributed by atoms with Crippen LogP contribution in [0.5, 0.6) is 0 Å². The maximum Gasteiger partial charge on any atom is 0.339 e. The van der Waals surface area contributed by atoms with Gasteiger partial charge in [-0.25, -0.2) is 14.3 Å². The van der Waals surface area contributed by atoms with E-state index in [1.54, 1.807) is 13.1 Å². The molecule has 0 radical (unpaired) electrons. The van der Waals surface area contributed by atoms with Gasteiger partial charge < -0.3 is 5.11 Å². The monoisotopic (exact) mass is 211 g/mol. The summed E-state index contributed by atoms with van der Waals surface area (Å²) in [6, 6.07) is 0. The number of imidazole rings is 1. The number of halogens is 1. The van der Waals surface area contributed by atoms with Gasteiger partial charge in [0.25, 0.3) is 0 Å². The highest BCUT2D eigenvalue weighted by molar-refractivity contribution is 6.32. The number of nitrogens with zero attached hydrogens (tertiary/aromatic N) is 3. The van der Waals surface area contributed by atoms with Gasteiger partial charge >= 0.3 is 5.97 Å². The first-order chi connectivity index (χ1) is 6.61. The Hall–Kier alpha value is -1.62. The van der Waals surface area contributed by atoms with E-state index in [2.05, 4.69) is 10.1 Å². The zero-order chi connectivity index (χ0) is 10.3. The smallest absolute Gasteiger partial charge is 0.339 e. The van der Waals surface area contributed by atoms with Gasteiger partial charge in [0.05, 0.1) is 11.7 Å². The maximum absolute atomic E-state index is 10.9. The van der Waals surface area contributed by atoms with Crippen LogP contribution in [-0.2, 0) is 0 Å². The lowest BCUT2D eigenvalue weighted by molar-refractivity contribution is 0.0696. The fourth-order valence-electron chi connectivity index (χ4n) is 1.31. The van der Waals surface area contributed by atoms with Crippen LogP contribution in [0.25, 0.3) is 5.52 Å². The van der Waals surface area contributed by atoms with Gasteiger partial charge in [-0.1, -0.05) is 11.6 Å². The number of carboxylic acids is 1. The molecule has 2 rings (SSSR count). The molecular weight excluding hydrogens is 206 g/mol. The molecule has 0 unspecified atom stereocenters. The van der Waals surface area contributed by atoms with Gasteiger partial charge in [-0.2, -0.15) is 5.10 Å². The van der Waals surface area contributed by atoms with E-state index < -0.39 is 5.97 Å². The second-order valence-electron chi connectivity index (χ2n) is 2.82. The second kappa shape index (κ2) is 2.95. The van der Waals surface area contributed by atoms with Crippen molar-refractivity contribution in [2.45, 2.75) is 6.92 Å². The van der Waals surface area contributed by atoms with Crippen molar-refractivity contribution in [2.24, 2.45) is 0 Å². The molecule has 0 aromatic carbocycles. The summed E-state index contributed by atoms with van der Waals surface area (Å²) in [5.41, 5.74) is 1.24. The van der Waals surface area contributed by atoms with E-state index >= 15 is 0 Å². The number of carboxylic acid groups (broad SMARTS) is 1. The molecule has 2 heterocycles. The van der Waals surface area contributed by atoms with E-state index in [9.17, 15) is 4.79 Å². The first-order valence-corrected chi connectivity index (χ1v) is 4.21. The van der Waals surface area contributed by atoms with Crippen molar-refractivity contribution in [2.75, 3.05) is 0 Å². The zero-order valence-corrected chi connectivity index (χ0v) is 7.99. The van der Waals surface area contributed by atoms with Crippen LogP contribution in [0, 0.1) is 6.92 Å². The molecule has 2 aromatic rings. The highest BCUT2D eigenvalue weighted by Crippen LogP contribution is 2.20. The summed E-state index contributed by atoms with van der Waals surface area (Å²) in [4.78, 5) is 14.7. The highest BCUT2D eigenvalue weighted by atomic mass is 35.5. The summed E-state index contributed by atoms with van der Waals surface area (Å²) in [6.45, 7) is 1.67. The number of aryl methyl sites for hydroxylation is 1. The van der Waals surface area contributed by atoms with E-state index in [1.807, 2.05) is 0 Å². The maximum atomic E-state index is 10.9. The van der Waals surface area contributed by atoms with Crippen molar-refractivity contribution in [3.63, 3.8) is 0 Å². The lowest BCUT2D eigenvalue weighted by atomic mass is 10.1. The SMILES string of the molecule is Cc1c(C(=O)O)c(Cl)nn2cncc12. The quantitative estimate of drug-likeness (QED) is 0.774. The van der Waals surface area contributed by atoms with Crippen LogP contribution in [0.3, 0.4) is 0 Å². The molecule has 72 valence electrons. The number of aromatic nitrogens is 3. The molecule has 2 aromatic heterocycles. The molecule has 1 N–H and O–H groups in total. The third kappa shape index (κ3) is 1.13. The van der Waals surface area contributed by atoms with Gasteiger partial charge in [-0.3, -0.25) is 0 Å². The molecule has 0 amide bonds. The fourth-order valence-corrected chi connectivity index (χ4v) is 1.62. The van der Waals surface area contributed by atoms with Crippen molar-refractivity contribution in [3.05, 3.63) is 28.8 Å². The molecule has 0 spiro atoms. The Bertz CT molecular complexity index is 521. The average Bonchev–Trinajstić information content (AvgIpc) is 2.50. The number of carbonyl (C=O) groups is 1. The Morgan fingerprint density at radius 1 is 1.64 bits per heavy atom. The number of hydrogen-bond acceptors (Lipinski definition) is 3. The largest absolute Gasteiger partial charge is 0.478 e. The summed E-state index contributed by atoms with van der Waals surface area (Å²) in [7, 11) is 0. The lowest BCUT2D eigenvalue weighted by Gasteiger charge is -2.04. The summed E-state index contributed by atoms with van der Waals surface area (Å²) in [6.07, 6.45) is 3.02. The number of aromatic carboxylic acids is 1. The predicted octanol–water partition coefficient (Wildman–Crippen LogP) is 1.39. The number of rotatable bonds is 1. The van der Waals surface area contributed by atoms with Crippen LogP contribution < -0.4 is 0 Å². The summed E-state index contributed by atoms with van der Waals surface area (Å²) < 4.78 is 1.45. The molecular formula is C8H6ClN3O2. The number of hydrogen-bond donors (Lipinski definition) is 1. The van der Waals surface area contributed by atoms with Gasteiger partial charge in [-0.05, 0) is 12.5 Å². The third-order valence-electron chi connectivity index (χ3n) is 1.99. The van der Waals surface area contributed by atoms with Gasteiger partial charge in [0.1, 0.15) is 11.9 Å². The summed E-state index contributed by atoms with van der Waals surface area (Å²) in [5.74, 6) is -1.08. The molecule has 0 aliphatic rings. The van der Waals surface area contributed by atoms with Crippen LogP contribution in [0.4, 0.5) is 0 Å². The average molecular weight is 212 g/mol. The van der Waals surface area contributed by atoms with E-state index in [0.29, 0.717) is 11.1 Å².